The second kappa shape index (κ2) is 6.45. The van der Waals surface area contributed by atoms with E-state index in [0.717, 1.165) is 0 Å². The van der Waals surface area contributed by atoms with Crippen molar-refractivity contribution in [1.29, 1.82) is 0 Å². The zero-order valence-electron chi connectivity index (χ0n) is 17.8. The SMILES string of the molecule is Cc1ccc2c3ccccc3c3cc(-n4c5ccccc5c5ccccc54)ccc3c2c1. The Labute approximate surface area is 186 Å². The maximum absolute atomic E-state index is 2.40. The largest absolute Gasteiger partial charge is 0.309 e. The Kier molecular flexibility index (Phi) is 3.54. The third-order valence-corrected chi connectivity index (χ3v) is 6.81. The molecule has 1 aromatic heterocycles. The molecule has 1 heteroatoms. The first-order valence-corrected chi connectivity index (χ1v) is 11.1. The van der Waals surface area contributed by atoms with Gasteiger partial charge < -0.3 is 4.57 Å². The summed E-state index contributed by atoms with van der Waals surface area (Å²) in [5, 5.41) is 10.5. The van der Waals surface area contributed by atoms with Crippen LogP contribution in [0, 0.1) is 6.92 Å². The van der Waals surface area contributed by atoms with Crippen LogP contribution >= 0.6 is 0 Å². The molecule has 0 atom stereocenters. The second-order valence-corrected chi connectivity index (χ2v) is 8.69. The van der Waals surface area contributed by atoms with E-state index in [-0.39, 0.29) is 0 Å². The van der Waals surface area contributed by atoms with Crippen LogP contribution in [-0.4, -0.2) is 4.57 Å². The molecule has 0 saturated heterocycles. The highest BCUT2D eigenvalue weighted by molar-refractivity contribution is 6.25. The maximum atomic E-state index is 2.40. The summed E-state index contributed by atoms with van der Waals surface area (Å²) in [6, 6.07) is 40.0. The highest BCUT2D eigenvalue weighted by atomic mass is 15.0. The van der Waals surface area contributed by atoms with Gasteiger partial charge in [-0.15, -0.1) is 0 Å². The molecule has 0 fully saturated rings. The average Bonchev–Trinajstić information content (AvgIpc) is 3.18. The van der Waals surface area contributed by atoms with E-state index in [1.807, 2.05) is 0 Å². The third kappa shape index (κ3) is 2.34. The molecule has 1 heterocycles. The molecule has 32 heavy (non-hydrogen) atoms. The smallest absolute Gasteiger partial charge is 0.0541 e. The number of aryl methyl sites for hydroxylation is 1. The van der Waals surface area contributed by atoms with Gasteiger partial charge in [0.15, 0.2) is 0 Å². The zero-order valence-corrected chi connectivity index (χ0v) is 17.8. The molecule has 0 aliphatic rings. The van der Waals surface area contributed by atoms with Gasteiger partial charge in [-0.2, -0.15) is 0 Å². The lowest BCUT2D eigenvalue weighted by atomic mass is 9.93. The second-order valence-electron chi connectivity index (χ2n) is 8.69. The lowest BCUT2D eigenvalue weighted by Crippen LogP contribution is -1.94. The Hall–Kier alpha value is -4.10. The first-order valence-electron chi connectivity index (χ1n) is 11.1. The first-order chi connectivity index (χ1) is 15.8. The van der Waals surface area contributed by atoms with Gasteiger partial charge in [0.2, 0.25) is 0 Å². The van der Waals surface area contributed by atoms with Crippen LogP contribution in [0.3, 0.4) is 0 Å². The van der Waals surface area contributed by atoms with Crippen molar-refractivity contribution in [2.45, 2.75) is 6.92 Å². The van der Waals surface area contributed by atoms with E-state index in [4.69, 9.17) is 0 Å². The summed E-state index contributed by atoms with van der Waals surface area (Å²) in [4.78, 5) is 0. The van der Waals surface area contributed by atoms with Crippen molar-refractivity contribution in [3.05, 3.63) is 115 Å². The molecule has 0 radical (unpaired) electrons. The minimum Gasteiger partial charge on any atom is -0.309 e. The number of nitrogens with zero attached hydrogens (tertiary/aromatic N) is 1. The number of aromatic nitrogens is 1. The van der Waals surface area contributed by atoms with Crippen LogP contribution in [0.1, 0.15) is 5.56 Å². The van der Waals surface area contributed by atoms with Gasteiger partial charge in [0, 0.05) is 16.5 Å². The van der Waals surface area contributed by atoms with E-state index < -0.39 is 0 Å². The van der Waals surface area contributed by atoms with Gasteiger partial charge in [-0.05, 0) is 63.5 Å². The molecule has 0 N–H and O–H groups in total. The number of benzene rings is 6. The van der Waals surface area contributed by atoms with Gasteiger partial charge in [0.1, 0.15) is 0 Å². The van der Waals surface area contributed by atoms with Crippen LogP contribution < -0.4 is 0 Å². The van der Waals surface area contributed by atoms with E-state index >= 15 is 0 Å². The van der Waals surface area contributed by atoms with Gasteiger partial charge in [-0.25, -0.2) is 0 Å². The molecule has 150 valence electrons. The van der Waals surface area contributed by atoms with Gasteiger partial charge >= 0.3 is 0 Å². The molecule has 0 unspecified atom stereocenters. The third-order valence-electron chi connectivity index (χ3n) is 6.81. The van der Waals surface area contributed by atoms with Crippen molar-refractivity contribution in [1.82, 2.24) is 4.57 Å². The maximum Gasteiger partial charge on any atom is 0.0541 e. The fourth-order valence-corrected chi connectivity index (χ4v) is 5.40. The van der Waals surface area contributed by atoms with E-state index in [1.165, 1.54) is 65.4 Å². The summed E-state index contributed by atoms with van der Waals surface area (Å²) in [6.45, 7) is 2.17. The molecule has 0 amide bonds. The first kappa shape index (κ1) is 17.6. The Balaban J connectivity index is 1.66. The number of hydrogen-bond donors (Lipinski definition) is 0. The molecule has 7 aromatic rings. The molecule has 0 spiro atoms. The zero-order chi connectivity index (χ0) is 21.2. The molecule has 0 aliphatic heterocycles. The van der Waals surface area contributed by atoms with Crippen LogP contribution in [0.4, 0.5) is 0 Å². The van der Waals surface area contributed by atoms with Crippen LogP contribution in [0.5, 0.6) is 0 Å². The van der Waals surface area contributed by atoms with Crippen molar-refractivity contribution in [3.63, 3.8) is 0 Å². The minimum atomic E-state index is 1.20. The lowest BCUT2D eigenvalue weighted by Gasteiger charge is -2.14. The Morgan fingerprint density at radius 2 is 0.875 bits per heavy atom. The summed E-state index contributed by atoms with van der Waals surface area (Å²) in [5.41, 5.74) is 4.98. The van der Waals surface area contributed by atoms with E-state index in [9.17, 15) is 0 Å². The molecule has 7 rings (SSSR count). The summed E-state index contributed by atoms with van der Waals surface area (Å²) in [7, 11) is 0. The number of fused-ring (bicyclic) bond motifs is 9. The van der Waals surface area contributed by atoms with Gasteiger partial charge in [0.05, 0.1) is 11.0 Å². The number of rotatable bonds is 1. The summed E-state index contributed by atoms with van der Waals surface area (Å²) in [6.07, 6.45) is 0. The van der Waals surface area contributed by atoms with E-state index in [2.05, 4.69) is 121 Å². The topological polar surface area (TPSA) is 4.93 Å². The van der Waals surface area contributed by atoms with Crippen molar-refractivity contribution >= 4 is 54.1 Å². The minimum absolute atomic E-state index is 1.20. The Bertz CT molecular complexity index is 1780. The monoisotopic (exact) mass is 407 g/mol. The lowest BCUT2D eigenvalue weighted by molar-refractivity contribution is 1.19. The van der Waals surface area contributed by atoms with Crippen LogP contribution in [0.15, 0.2) is 109 Å². The fourth-order valence-electron chi connectivity index (χ4n) is 5.40. The quantitative estimate of drug-likeness (QED) is 0.240. The van der Waals surface area contributed by atoms with Crippen LogP contribution in [0.25, 0.3) is 59.8 Å². The fraction of sp³-hybridized carbons (Fsp3) is 0.0323. The molecule has 0 bridgehead atoms. The molecular weight excluding hydrogens is 386 g/mol. The highest BCUT2D eigenvalue weighted by Gasteiger charge is 2.14. The summed E-state index contributed by atoms with van der Waals surface area (Å²) < 4.78 is 2.40. The molecular formula is C31H21N. The normalized spacial score (nSPS) is 11.9. The molecule has 0 aliphatic carbocycles. The van der Waals surface area contributed by atoms with Gasteiger partial charge in [-0.1, -0.05) is 90.5 Å². The highest BCUT2D eigenvalue weighted by Crippen LogP contribution is 2.38. The van der Waals surface area contributed by atoms with Gasteiger partial charge in [-0.3, -0.25) is 0 Å². The van der Waals surface area contributed by atoms with Crippen molar-refractivity contribution < 1.29 is 0 Å². The van der Waals surface area contributed by atoms with Gasteiger partial charge in [0.25, 0.3) is 0 Å². The summed E-state index contributed by atoms with van der Waals surface area (Å²) in [5.74, 6) is 0. The standard InChI is InChI=1S/C31H21N/c1-20-14-16-24-22-8-2-3-9-23(22)29-19-21(15-17-25(29)28(24)18-20)32-30-12-6-4-10-26(30)27-11-5-7-13-31(27)32/h2-19H,1H3. The predicted molar refractivity (Wildman–Crippen MR) is 138 cm³/mol. The average molecular weight is 408 g/mol. The van der Waals surface area contributed by atoms with Crippen molar-refractivity contribution in [3.8, 4) is 5.69 Å². The summed E-state index contributed by atoms with van der Waals surface area (Å²) >= 11 is 0. The van der Waals surface area contributed by atoms with Crippen LogP contribution in [0.2, 0.25) is 0 Å². The van der Waals surface area contributed by atoms with Crippen molar-refractivity contribution in [2.75, 3.05) is 0 Å². The number of para-hydroxylation sites is 2. The molecule has 6 aromatic carbocycles. The Morgan fingerprint density at radius 3 is 1.56 bits per heavy atom. The molecule has 0 saturated carbocycles. The van der Waals surface area contributed by atoms with Crippen LogP contribution in [-0.2, 0) is 0 Å². The predicted octanol–water partition coefficient (Wildman–Crippen LogP) is 8.55. The number of hydrogen-bond acceptors (Lipinski definition) is 0. The van der Waals surface area contributed by atoms with Crippen molar-refractivity contribution in [2.24, 2.45) is 0 Å². The van der Waals surface area contributed by atoms with E-state index in [0.29, 0.717) is 0 Å². The van der Waals surface area contributed by atoms with E-state index in [1.54, 1.807) is 0 Å². The molecule has 1 nitrogen and oxygen atoms in total. The Morgan fingerprint density at radius 1 is 0.406 bits per heavy atom.